The molecule has 0 saturated carbocycles. The number of allylic oxidation sites excluding steroid dienone is 1. The summed E-state index contributed by atoms with van der Waals surface area (Å²) in [6.07, 6.45) is 1.83. The molecule has 0 saturated heterocycles. The first kappa shape index (κ1) is 31.5. The number of amides is 1. The fourth-order valence-corrected chi connectivity index (χ4v) is 6.86. The van der Waals surface area contributed by atoms with E-state index < -0.39 is 6.04 Å². The first-order valence-corrected chi connectivity index (χ1v) is 16.6. The van der Waals surface area contributed by atoms with Gasteiger partial charge in [0.05, 0.1) is 32.9 Å². The van der Waals surface area contributed by atoms with Crippen molar-refractivity contribution in [3.8, 4) is 11.5 Å². The van der Waals surface area contributed by atoms with Gasteiger partial charge in [0.15, 0.2) is 4.80 Å². The molecule has 0 fully saturated rings. The van der Waals surface area contributed by atoms with Gasteiger partial charge in [-0.3, -0.25) is 14.2 Å². The Kier molecular flexibility index (Phi) is 9.53. The lowest BCUT2D eigenvalue weighted by Gasteiger charge is -2.25. The maximum Gasteiger partial charge on any atom is 0.271 e. The molecule has 0 unspecified atom stereocenters. The molecule has 232 valence electrons. The molecule has 6 rings (SSSR count). The third kappa shape index (κ3) is 6.87. The number of carbonyl (C=O) groups excluding carboxylic acids is 1. The number of hydrogen-bond acceptors (Lipinski definition) is 6. The highest BCUT2D eigenvalue weighted by molar-refractivity contribution is 9.10. The molecule has 0 spiro atoms. The third-order valence-corrected chi connectivity index (χ3v) is 9.22. The van der Waals surface area contributed by atoms with E-state index in [-0.39, 0.29) is 11.5 Å². The number of aromatic nitrogens is 1. The van der Waals surface area contributed by atoms with Crippen molar-refractivity contribution in [1.29, 1.82) is 0 Å². The predicted molar refractivity (Wildman–Crippen MR) is 186 cm³/mol. The number of rotatable bonds is 9. The molecule has 46 heavy (non-hydrogen) atoms. The number of ether oxygens (including phenoxy) is 2. The van der Waals surface area contributed by atoms with E-state index in [0.717, 1.165) is 21.2 Å². The number of para-hydroxylation sites is 1. The molecule has 1 N–H and O–H groups in total. The minimum absolute atomic E-state index is 0.237. The quantitative estimate of drug-likeness (QED) is 0.174. The van der Waals surface area contributed by atoms with Crippen LogP contribution in [-0.2, 0) is 11.4 Å². The number of hydrogen-bond donors (Lipinski definition) is 1. The molecule has 0 bridgehead atoms. The standard InChI is InChI=1S/C36H29BrClN3O4S/c1-3-44-28-16-12-25(13-17-28)33-32(34(42)40-27-7-5-4-6-8-27)22(2)39-36-41(33)35(43)31(46-36)20-24-11-18-30(29(37)19-24)45-21-23-9-14-26(38)15-10-23/h4-20,33H,3,21H2,1-2H3,(H,40,42)/b31-20-/t33-/m0/s1. The van der Waals surface area contributed by atoms with Crippen LogP contribution >= 0.6 is 38.9 Å². The molecule has 2 heterocycles. The molecule has 5 aromatic rings. The molecule has 1 aliphatic rings. The van der Waals surface area contributed by atoms with E-state index in [9.17, 15) is 9.59 Å². The van der Waals surface area contributed by atoms with Gasteiger partial charge in [-0.15, -0.1) is 0 Å². The van der Waals surface area contributed by atoms with Crippen LogP contribution in [0.5, 0.6) is 11.5 Å². The zero-order valence-electron chi connectivity index (χ0n) is 25.0. The number of benzene rings is 4. The number of halogens is 2. The number of carbonyl (C=O) groups is 1. The SMILES string of the molecule is CCOc1ccc([C@H]2C(C(=O)Nc3ccccc3)=C(C)N=c3s/c(=C\c4ccc(OCc5ccc(Cl)cc5)c(Br)c4)c(=O)n32)cc1. The van der Waals surface area contributed by atoms with E-state index in [4.69, 9.17) is 26.1 Å². The number of thiazole rings is 1. The molecule has 4 aromatic carbocycles. The lowest BCUT2D eigenvalue weighted by atomic mass is 9.95. The van der Waals surface area contributed by atoms with Gasteiger partial charge < -0.3 is 14.8 Å². The second kappa shape index (κ2) is 13.9. The van der Waals surface area contributed by atoms with E-state index in [1.165, 1.54) is 11.3 Å². The molecule has 1 amide bonds. The summed E-state index contributed by atoms with van der Waals surface area (Å²) in [5, 5.41) is 3.65. The Hall–Kier alpha value is -4.44. The summed E-state index contributed by atoms with van der Waals surface area (Å²) in [6.45, 7) is 4.64. The van der Waals surface area contributed by atoms with Crippen molar-refractivity contribution >= 4 is 56.5 Å². The van der Waals surface area contributed by atoms with Gasteiger partial charge in [0.2, 0.25) is 0 Å². The van der Waals surface area contributed by atoms with Gasteiger partial charge in [-0.05, 0) is 101 Å². The molecule has 10 heteroatoms. The number of anilines is 1. The van der Waals surface area contributed by atoms with Crippen LogP contribution in [0.3, 0.4) is 0 Å². The van der Waals surface area contributed by atoms with Gasteiger partial charge >= 0.3 is 0 Å². The van der Waals surface area contributed by atoms with Crippen molar-refractivity contribution in [3.63, 3.8) is 0 Å². The van der Waals surface area contributed by atoms with Crippen LogP contribution < -0.4 is 29.7 Å². The van der Waals surface area contributed by atoms with Gasteiger partial charge in [0.1, 0.15) is 18.1 Å². The topological polar surface area (TPSA) is 81.9 Å². The Morgan fingerprint density at radius 1 is 1.02 bits per heavy atom. The van der Waals surface area contributed by atoms with Crippen molar-refractivity contribution in [2.45, 2.75) is 26.5 Å². The van der Waals surface area contributed by atoms with Crippen LogP contribution in [0.25, 0.3) is 6.08 Å². The van der Waals surface area contributed by atoms with Crippen LogP contribution in [0.1, 0.15) is 36.6 Å². The second-order valence-corrected chi connectivity index (χ2v) is 12.8. The first-order chi connectivity index (χ1) is 22.3. The summed E-state index contributed by atoms with van der Waals surface area (Å²) in [6, 6.07) is 29.2. The van der Waals surface area contributed by atoms with Crippen molar-refractivity contribution in [3.05, 3.63) is 154 Å². The molecular formula is C36H29BrClN3O4S. The summed E-state index contributed by atoms with van der Waals surface area (Å²) in [7, 11) is 0. The van der Waals surface area contributed by atoms with Crippen LogP contribution in [-0.4, -0.2) is 17.1 Å². The average Bonchev–Trinajstić information content (AvgIpc) is 3.35. The fourth-order valence-electron chi connectivity index (χ4n) is 5.18. The average molecular weight is 715 g/mol. The smallest absolute Gasteiger partial charge is 0.271 e. The highest BCUT2D eigenvalue weighted by atomic mass is 79.9. The van der Waals surface area contributed by atoms with Gasteiger partial charge in [0, 0.05) is 10.7 Å². The van der Waals surface area contributed by atoms with Gasteiger partial charge in [0.25, 0.3) is 11.5 Å². The molecule has 7 nitrogen and oxygen atoms in total. The normalized spacial score (nSPS) is 14.4. The van der Waals surface area contributed by atoms with Crippen molar-refractivity contribution in [1.82, 2.24) is 4.57 Å². The Morgan fingerprint density at radius 3 is 2.46 bits per heavy atom. The Labute approximate surface area is 283 Å². The summed E-state index contributed by atoms with van der Waals surface area (Å²) in [5.41, 5.74) is 3.94. The summed E-state index contributed by atoms with van der Waals surface area (Å²) >= 11 is 10.9. The molecule has 1 aromatic heterocycles. The lowest BCUT2D eigenvalue weighted by molar-refractivity contribution is -0.113. The maximum absolute atomic E-state index is 14.1. The number of nitrogens with one attached hydrogen (secondary N) is 1. The summed E-state index contributed by atoms with van der Waals surface area (Å²) in [5.74, 6) is 1.06. The molecule has 1 atom stereocenters. The predicted octanol–water partition coefficient (Wildman–Crippen LogP) is 7.27. The number of nitrogens with zero attached hydrogens (tertiary/aromatic N) is 2. The second-order valence-electron chi connectivity index (χ2n) is 10.5. The fraction of sp³-hybridized carbons (Fsp3) is 0.139. The number of fused-ring (bicyclic) bond motifs is 1. The molecule has 0 aliphatic carbocycles. The van der Waals surface area contributed by atoms with Gasteiger partial charge in [-0.1, -0.05) is 71.5 Å². The monoisotopic (exact) mass is 713 g/mol. The molecule has 0 radical (unpaired) electrons. The maximum atomic E-state index is 14.1. The van der Waals surface area contributed by atoms with E-state index >= 15 is 0 Å². The minimum atomic E-state index is -0.687. The highest BCUT2D eigenvalue weighted by Crippen LogP contribution is 2.32. The van der Waals surface area contributed by atoms with E-state index in [0.29, 0.717) is 56.0 Å². The first-order valence-electron chi connectivity index (χ1n) is 14.6. The highest BCUT2D eigenvalue weighted by Gasteiger charge is 2.32. The molecule has 1 aliphatic heterocycles. The van der Waals surface area contributed by atoms with Gasteiger partial charge in [-0.2, -0.15) is 0 Å². The lowest BCUT2D eigenvalue weighted by Crippen LogP contribution is -2.40. The zero-order chi connectivity index (χ0) is 32.2. The third-order valence-electron chi connectivity index (χ3n) is 7.37. The van der Waals surface area contributed by atoms with Crippen LogP contribution in [0, 0.1) is 0 Å². The largest absolute Gasteiger partial charge is 0.494 e. The summed E-state index contributed by atoms with van der Waals surface area (Å²) < 4.78 is 14.5. The Bertz CT molecular complexity index is 2110. The van der Waals surface area contributed by atoms with Crippen LogP contribution in [0.2, 0.25) is 5.02 Å². The van der Waals surface area contributed by atoms with Crippen molar-refractivity contribution < 1.29 is 14.3 Å². The Morgan fingerprint density at radius 2 is 1.76 bits per heavy atom. The zero-order valence-corrected chi connectivity index (χ0v) is 28.2. The van der Waals surface area contributed by atoms with Crippen molar-refractivity contribution in [2.24, 2.45) is 4.99 Å². The van der Waals surface area contributed by atoms with Gasteiger partial charge in [-0.25, -0.2) is 4.99 Å². The minimum Gasteiger partial charge on any atom is -0.494 e. The van der Waals surface area contributed by atoms with E-state index in [2.05, 4.69) is 21.2 Å². The molecular weight excluding hydrogens is 686 g/mol. The van der Waals surface area contributed by atoms with Crippen LogP contribution in [0.4, 0.5) is 5.69 Å². The Balaban J connectivity index is 1.36. The van der Waals surface area contributed by atoms with E-state index in [1.807, 2.05) is 110 Å². The van der Waals surface area contributed by atoms with E-state index in [1.54, 1.807) is 11.5 Å². The summed E-state index contributed by atoms with van der Waals surface area (Å²) in [4.78, 5) is 33.1. The van der Waals surface area contributed by atoms with Crippen molar-refractivity contribution in [2.75, 3.05) is 11.9 Å². The van der Waals surface area contributed by atoms with Crippen LogP contribution in [0.15, 0.2) is 123 Å².